The van der Waals surface area contributed by atoms with Gasteiger partial charge in [0.1, 0.15) is 5.75 Å². The van der Waals surface area contributed by atoms with Crippen molar-refractivity contribution < 1.29 is 22.7 Å². The Morgan fingerprint density at radius 3 is 2.62 bits per heavy atom. The highest BCUT2D eigenvalue weighted by atomic mass is 32.2. The number of hydrogen-bond acceptors (Lipinski definition) is 6. The fourth-order valence-electron chi connectivity index (χ4n) is 2.87. The highest BCUT2D eigenvalue weighted by Gasteiger charge is 2.32. The second kappa shape index (κ2) is 7.46. The van der Waals surface area contributed by atoms with Crippen LogP contribution < -0.4 is 4.74 Å². The van der Waals surface area contributed by atoms with E-state index in [2.05, 4.69) is 10.2 Å². The van der Waals surface area contributed by atoms with Crippen LogP contribution in [0.2, 0.25) is 0 Å². The Morgan fingerprint density at radius 1 is 1.23 bits per heavy atom. The molecule has 0 atom stereocenters. The van der Waals surface area contributed by atoms with E-state index in [1.54, 1.807) is 19.1 Å². The first kappa shape index (κ1) is 18.4. The SMILES string of the molecule is CCOC(=O)c1n[nH]c2c1CN(S(=O)(=O)c1ccc(OCC)cc1)CC2. The molecule has 1 aromatic heterocycles. The molecule has 0 spiro atoms. The van der Waals surface area contributed by atoms with E-state index in [1.807, 2.05) is 6.92 Å². The van der Waals surface area contributed by atoms with Crippen molar-refractivity contribution in [3.63, 3.8) is 0 Å². The zero-order valence-electron chi connectivity index (χ0n) is 14.7. The van der Waals surface area contributed by atoms with Gasteiger partial charge in [0.25, 0.3) is 0 Å². The average Bonchev–Trinajstić information content (AvgIpc) is 3.06. The molecule has 0 radical (unpaired) electrons. The molecule has 140 valence electrons. The summed E-state index contributed by atoms with van der Waals surface area (Å²) in [6, 6.07) is 6.32. The number of carbonyl (C=O) groups is 1. The Balaban J connectivity index is 1.85. The van der Waals surface area contributed by atoms with E-state index in [0.29, 0.717) is 30.9 Å². The van der Waals surface area contributed by atoms with Crippen molar-refractivity contribution in [1.29, 1.82) is 0 Å². The first-order valence-corrected chi connectivity index (χ1v) is 9.87. The molecule has 0 fully saturated rings. The third kappa shape index (κ3) is 3.45. The Labute approximate surface area is 152 Å². The van der Waals surface area contributed by atoms with Crippen LogP contribution >= 0.6 is 0 Å². The summed E-state index contributed by atoms with van der Waals surface area (Å²) in [6.45, 7) is 4.71. The fourth-order valence-corrected chi connectivity index (χ4v) is 4.28. The number of esters is 1. The largest absolute Gasteiger partial charge is 0.494 e. The number of benzene rings is 1. The third-order valence-corrected chi connectivity index (χ3v) is 6.00. The minimum Gasteiger partial charge on any atom is -0.494 e. The molecular weight excluding hydrogens is 358 g/mol. The predicted octanol–water partition coefficient (Wildman–Crippen LogP) is 1.73. The summed E-state index contributed by atoms with van der Waals surface area (Å²) in [6.07, 6.45) is 0.456. The summed E-state index contributed by atoms with van der Waals surface area (Å²) < 4.78 is 37.6. The first-order valence-electron chi connectivity index (χ1n) is 8.43. The molecule has 2 aromatic rings. The summed E-state index contributed by atoms with van der Waals surface area (Å²) in [5.74, 6) is 0.0668. The smallest absolute Gasteiger partial charge is 0.359 e. The summed E-state index contributed by atoms with van der Waals surface area (Å²) in [5, 5.41) is 6.81. The molecule has 0 saturated heterocycles. The van der Waals surface area contributed by atoms with Gasteiger partial charge < -0.3 is 9.47 Å². The van der Waals surface area contributed by atoms with Crippen molar-refractivity contribution in [1.82, 2.24) is 14.5 Å². The van der Waals surface area contributed by atoms with Crippen molar-refractivity contribution in [3.05, 3.63) is 41.2 Å². The van der Waals surface area contributed by atoms with Gasteiger partial charge in [-0.3, -0.25) is 5.10 Å². The Bertz CT molecular complexity index is 890. The lowest BCUT2D eigenvalue weighted by atomic mass is 10.1. The second-order valence-corrected chi connectivity index (χ2v) is 7.68. The highest BCUT2D eigenvalue weighted by Crippen LogP contribution is 2.27. The molecule has 26 heavy (non-hydrogen) atoms. The molecule has 0 amide bonds. The van der Waals surface area contributed by atoms with E-state index >= 15 is 0 Å². The number of sulfonamides is 1. The molecule has 1 aliphatic rings. The molecular formula is C17H21N3O5S. The first-order chi connectivity index (χ1) is 12.5. The molecule has 9 heteroatoms. The highest BCUT2D eigenvalue weighted by molar-refractivity contribution is 7.89. The molecule has 2 heterocycles. The van der Waals surface area contributed by atoms with Gasteiger partial charge >= 0.3 is 5.97 Å². The van der Waals surface area contributed by atoms with Crippen molar-refractivity contribution >= 4 is 16.0 Å². The van der Waals surface area contributed by atoms with Crippen molar-refractivity contribution in [2.75, 3.05) is 19.8 Å². The molecule has 8 nitrogen and oxygen atoms in total. The molecule has 0 unspecified atom stereocenters. The number of ether oxygens (including phenoxy) is 2. The summed E-state index contributed by atoms with van der Waals surface area (Å²) in [5.41, 5.74) is 1.49. The zero-order valence-corrected chi connectivity index (χ0v) is 15.5. The van der Waals surface area contributed by atoms with Crippen LogP contribution in [0.25, 0.3) is 0 Å². The Kier molecular flexibility index (Phi) is 5.28. The van der Waals surface area contributed by atoms with E-state index in [4.69, 9.17) is 9.47 Å². The number of rotatable bonds is 6. The second-order valence-electron chi connectivity index (χ2n) is 5.74. The lowest BCUT2D eigenvalue weighted by molar-refractivity contribution is 0.0517. The number of fused-ring (bicyclic) bond motifs is 1. The molecule has 0 aliphatic carbocycles. The van der Waals surface area contributed by atoms with Gasteiger partial charge in [-0.05, 0) is 38.1 Å². The van der Waals surface area contributed by atoms with E-state index in [9.17, 15) is 13.2 Å². The van der Waals surface area contributed by atoms with Gasteiger partial charge in [0, 0.05) is 30.8 Å². The summed E-state index contributed by atoms with van der Waals surface area (Å²) >= 11 is 0. The summed E-state index contributed by atoms with van der Waals surface area (Å²) in [7, 11) is -3.69. The molecule has 1 N–H and O–H groups in total. The lowest BCUT2D eigenvalue weighted by Crippen LogP contribution is -2.36. The number of aromatic nitrogens is 2. The molecule has 3 rings (SSSR count). The quantitative estimate of drug-likeness (QED) is 0.767. The minimum atomic E-state index is -3.69. The van der Waals surface area contributed by atoms with Crippen LogP contribution in [0, 0.1) is 0 Å². The van der Waals surface area contributed by atoms with Gasteiger partial charge in [0.15, 0.2) is 5.69 Å². The number of carbonyl (C=O) groups excluding carboxylic acids is 1. The van der Waals surface area contributed by atoms with E-state index in [-0.39, 0.29) is 23.7 Å². The van der Waals surface area contributed by atoms with Gasteiger partial charge in [-0.1, -0.05) is 0 Å². The van der Waals surface area contributed by atoms with Crippen molar-refractivity contribution in [3.8, 4) is 5.75 Å². The normalized spacial score (nSPS) is 14.7. The Morgan fingerprint density at radius 2 is 1.96 bits per heavy atom. The van der Waals surface area contributed by atoms with Gasteiger partial charge in [-0.2, -0.15) is 9.40 Å². The molecule has 1 aliphatic heterocycles. The van der Waals surface area contributed by atoms with E-state index in [1.165, 1.54) is 16.4 Å². The minimum absolute atomic E-state index is 0.0789. The number of hydrogen-bond donors (Lipinski definition) is 1. The number of nitrogens with zero attached hydrogens (tertiary/aromatic N) is 2. The molecule has 1 aromatic carbocycles. The fraction of sp³-hybridized carbons (Fsp3) is 0.412. The molecule has 0 bridgehead atoms. The summed E-state index contributed by atoms with van der Waals surface area (Å²) in [4.78, 5) is 12.2. The third-order valence-electron chi connectivity index (χ3n) is 4.14. The molecule has 0 saturated carbocycles. The maximum absolute atomic E-state index is 12.9. The van der Waals surface area contributed by atoms with Gasteiger partial charge in [-0.15, -0.1) is 0 Å². The van der Waals surface area contributed by atoms with E-state index in [0.717, 1.165) is 5.69 Å². The zero-order chi connectivity index (χ0) is 18.7. The monoisotopic (exact) mass is 379 g/mol. The van der Waals surface area contributed by atoms with Crippen LogP contribution in [0.4, 0.5) is 0 Å². The van der Waals surface area contributed by atoms with Gasteiger partial charge in [-0.25, -0.2) is 13.2 Å². The standard InChI is InChI=1S/C17H21N3O5S/c1-3-24-12-5-7-13(8-6-12)26(22,23)20-10-9-15-14(11-20)16(19-18-15)17(21)25-4-2/h5-8H,3-4,9-11H2,1-2H3,(H,18,19). The van der Waals surface area contributed by atoms with Crippen molar-refractivity contribution in [2.24, 2.45) is 0 Å². The lowest BCUT2D eigenvalue weighted by Gasteiger charge is -2.26. The number of nitrogens with one attached hydrogen (secondary N) is 1. The number of H-pyrrole nitrogens is 1. The maximum Gasteiger partial charge on any atom is 0.359 e. The maximum atomic E-state index is 12.9. The average molecular weight is 379 g/mol. The van der Waals surface area contributed by atoms with Crippen LogP contribution in [0.5, 0.6) is 5.75 Å². The van der Waals surface area contributed by atoms with Crippen LogP contribution in [-0.4, -0.2) is 48.6 Å². The number of aromatic amines is 1. The van der Waals surface area contributed by atoms with Crippen LogP contribution in [0.15, 0.2) is 29.2 Å². The Hall–Kier alpha value is -2.39. The predicted molar refractivity (Wildman–Crippen MR) is 93.5 cm³/mol. The van der Waals surface area contributed by atoms with Crippen LogP contribution in [0.1, 0.15) is 35.6 Å². The topological polar surface area (TPSA) is 102 Å². The van der Waals surface area contributed by atoms with Gasteiger partial charge in [0.2, 0.25) is 10.0 Å². The van der Waals surface area contributed by atoms with Crippen LogP contribution in [0.3, 0.4) is 0 Å². The van der Waals surface area contributed by atoms with Crippen LogP contribution in [-0.2, 0) is 27.7 Å². The van der Waals surface area contributed by atoms with E-state index < -0.39 is 16.0 Å². The van der Waals surface area contributed by atoms with Crippen molar-refractivity contribution in [2.45, 2.75) is 31.7 Å². The van der Waals surface area contributed by atoms with Gasteiger partial charge in [0.05, 0.1) is 18.1 Å².